The summed E-state index contributed by atoms with van der Waals surface area (Å²) in [7, 11) is 0. The van der Waals surface area contributed by atoms with E-state index in [1.54, 1.807) is 12.1 Å². The maximum Gasteiger partial charge on any atom is 0.253 e. The standard InChI is InChI=1S/C21H24N2O2/c1-16(14-17-4-10-20(24)11-5-17)15-22-19-8-6-18(7-9-19)21(25)23-12-2-3-13-23/h4-11,14,22,24H,2-3,12-13,15H2,1H3/b16-14+. The van der Waals surface area contributed by atoms with Crippen LogP contribution >= 0.6 is 0 Å². The van der Waals surface area contributed by atoms with Gasteiger partial charge in [-0.3, -0.25) is 4.79 Å². The first-order valence-corrected chi connectivity index (χ1v) is 8.71. The summed E-state index contributed by atoms with van der Waals surface area (Å²) in [6, 6.07) is 14.8. The first-order chi connectivity index (χ1) is 12.1. The van der Waals surface area contributed by atoms with E-state index in [4.69, 9.17) is 0 Å². The van der Waals surface area contributed by atoms with E-state index in [9.17, 15) is 9.90 Å². The van der Waals surface area contributed by atoms with Crippen molar-refractivity contribution in [1.29, 1.82) is 0 Å². The number of carbonyl (C=O) groups is 1. The van der Waals surface area contributed by atoms with Gasteiger partial charge in [-0.05, 0) is 61.7 Å². The molecule has 0 spiro atoms. The van der Waals surface area contributed by atoms with Gasteiger partial charge in [0.05, 0.1) is 0 Å². The lowest BCUT2D eigenvalue weighted by atomic mass is 10.1. The second kappa shape index (κ2) is 7.88. The van der Waals surface area contributed by atoms with Crippen molar-refractivity contribution in [1.82, 2.24) is 4.90 Å². The third-order valence-electron chi connectivity index (χ3n) is 4.40. The molecule has 0 atom stereocenters. The van der Waals surface area contributed by atoms with Gasteiger partial charge in [-0.15, -0.1) is 0 Å². The molecule has 4 heteroatoms. The summed E-state index contributed by atoms with van der Waals surface area (Å²) in [6.45, 7) is 4.53. The second-order valence-electron chi connectivity index (χ2n) is 6.51. The van der Waals surface area contributed by atoms with Crippen LogP contribution in [0.15, 0.2) is 54.1 Å². The molecule has 4 nitrogen and oxygen atoms in total. The number of phenolic OH excluding ortho intramolecular Hbond substituents is 1. The van der Waals surface area contributed by atoms with E-state index in [0.29, 0.717) is 0 Å². The Kier molecular flexibility index (Phi) is 5.39. The van der Waals surface area contributed by atoms with Crippen LogP contribution in [0.1, 0.15) is 35.7 Å². The smallest absolute Gasteiger partial charge is 0.253 e. The SMILES string of the molecule is C/C(=C\c1ccc(O)cc1)CNc1ccc(C(=O)N2CCCC2)cc1. The maximum absolute atomic E-state index is 12.3. The van der Waals surface area contributed by atoms with Gasteiger partial charge in [-0.1, -0.05) is 23.8 Å². The number of amides is 1. The highest BCUT2D eigenvalue weighted by Gasteiger charge is 2.18. The van der Waals surface area contributed by atoms with Crippen molar-refractivity contribution in [3.05, 3.63) is 65.2 Å². The molecular weight excluding hydrogens is 312 g/mol. The lowest BCUT2D eigenvalue weighted by molar-refractivity contribution is 0.0793. The largest absolute Gasteiger partial charge is 0.508 e. The number of aromatic hydroxyl groups is 1. The van der Waals surface area contributed by atoms with Crippen LogP contribution in [0.4, 0.5) is 5.69 Å². The molecule has 1 heterocycles. The number of anilines is 1. The van der Waals surface area contributed by atoms with Crippen molar-refractivity contribution < 1.29 is 9.90 Å². The van der Waals surface area contributed by atoms with Crippen molar-refractivity contribution in [2.75, 3.05) is 25.0 Å². The minimum absolute atomic E-state index is 0.132. The average molecular weight is 336 g/mol. The summed E-state index contributed by atoms with van der Waals surface area (Å²) in [5.41, 5.74) is 3.99. The number of nitrogens with zero attached hydrogens (tertiary/aromatic N) is 1. The summed E-state index contributed by atoms with van der Waals surface area (Å²) in [5.74, 6) is 0.406. The zero-order chi connectivity index (χ0) is 17.6. The Labute approximate surface area is 148 Å². The highest BCUT2D eigenvalue weighted by Crippen LogP contribution is 2.16. The lowest BCUT2D eigenvalue weighted by Crippen LogP contribution is -2.27. The summed E-state index contributed by atoms with van der Waals surface area (Å²) < 4.78 is 0. The number of nitrogens with one attached hydrogen (secondary N) is 1. The fourth-order valence-electron chi connectivity index (χ4n) is 2.98. The van der Waals surface area contributed by atoms with Gasteiger partial charge >= 0.3 is 0 Å². The molecule has 130 valence electrons. The minimum Gasteiger partial charge on any atom is -0.508 e. The Morgan fingerprint density at radius 3 is 2.36 bits per heavy atom. The van der Waals surface area contributed by atoms with Crippen molar-refractivity contribution >= 4 is 17.7 Å². The van der Waals surface area contributed by atoms with E-state index < -0.39 is 0 Å². The van der Waals surface area contributed by atoms with Crippen LogP contribution in [0.2, 0.25) is 0 Å². The summed E-state index contributed by atoms with van der Waals surface area (Å²) in [5, 5.41) is 12.7. The molecule has 0 saturated carbocycles. The normalized spacial score (nSPS) is 14.6. The molecule has 0 aromatic heterocycles. The zero-order valence-electron chi connectivity index (χ0n) is 14.5. The highest BCUT2D eigenvalue weighted by molar-refractivity contribution is 5.94. The quantitative estimate of drug-likeness (QED) is 0.863. The van der Waals surface area contributed by atoms with Crippen molar-refractivity contribution in [2.24, 2.45) is 0 Å². The topological polar surface area (TPSA) is 52.6 Å². The van der Waals surface area contributed by atoms with E-state index in [1.807, 2.05) is 41.3 Å². The Morgan fingerprint density at radius 2 is 1.72 bits per heavy atom. The number of hydrogen-bond donors (Lipinski definition) is 2. The van der Waals surface area contributed by atoms with Gasteiger partial charge in [-0.2, -0.15) is 0 Å². The average Bonchev–Trinajstić information content (AvgIpc) is 3.16. The number of carbonyl (C=O) groups excluding carboxylic acids is 1. The van der Waals surface area contributed by atoms with Gasteiger partial charge in [0.1, 0.15) is 5.75 Å². The van der Waals surface area contributed by atoms with Crippen LogP contribution in [0, 0.1) is 0 Å². The maximum atomic E-state index is 12.3. The first kappa shape index (κ1) is 17.1. The molecule has 1 saturated heterocycles. The molecule has 0 radical (unpaired) electrons. The van der Waals surface area contributed by atoms with Crippen LogP contribution in [0.3, 0.4) is 0 Å². The summed E-state index contributed by atoms with van der Waals surface area (Å²) in [4.78, 5) is 14.3. The molecule has 0 unspecified atom stereocenters. The monoisotopic (exact) mass is 336 g/mol. The Balaban J connectivity index is 1.56. The molecule has 0 bridgehead atoms. The van der Waals surface area contributed by atoms with Crippen molar-refractivity contribution in [3.63, 3.8) is 0 Å². The summed E-state index contributed by atoms with van der Waals surface area (Å²) >= 11 is 0. The zero-order valence-corrected chi connectivity index (χ0v) is 14.5. The van der Waals surface area contributed by atoms with Crippen LogP contribution in [-0.2, 0) is 0 Å². The third-order valence-corrected chi connectivity index (χ3v) is 4.40. The highest BCUT2D eigenvalue weighted by atomic mass is 16.3. The van der Waals surface area contributed by atoms with Gasteiger partial charge in [-0.25, -0.2) is 0 Å². The van der Waals surface area contributed by atoms with Gasteiger partial charge in [0.25, 0.3) is 5.91 Å². The molecule has 1 amide bonds. The van der Waals surface area contributed by atoms with E-state index in [2.05, 4.69) is 18.3 Å². The van der Waals surface area contributed by atoms with Crippen LogP contribution < -0.4 is 5.32 Å². The van der Waals surface area contributed by atoms with E-state index in [-0.39, 0.29) is 11.7 Å². The Bertz CT molecular complexity index is 742. The van der Waals surface area contributed by atoms with Crippen LogP contribution in [0.5, 0.6) is 5.75 Å². The first-order valence-electron chi connectivity index (χ1n) is 8.71. The molecule has 1 aliphatic heterocycles. The molecule has 2 aromatic carbocycles. The van der Waals surface area contributed by atoms with Crippen molar-refractivity contribution in [3.8, 4) is 5.75 Å². The molecule has 0 aliphatic carbocycles. The molecular formula is C21H24N2O2. The molecule has 2 N–H and O–H groups in total. The van der Waals surface area contributed by atoms with Gasteiger partial charge in [0, 0.05) is 30.9 Å². The third kappa shape index (κ3) is 4.63. The fraction of sp³-hybridized carbons (Fsp3) is 0.286. The Hall–Kier alpha value is -2.75. The Morgan fingerprint density at radius 1 is 1.08 bits per heavy atom. The van der Waals surface area contributed by atoms with E-state index in [1.165, 1.54) is 5.57 Å². The van der Waals surface area contributed by atoms with E-state index >= 15 is 0 Å². The van der Waals surface area contributed by atoms with Crippen molar-refractivity contribution in [2.45, 2.75) is 19.8 Å². The van der Waals surface area contributed by atoms with Crippen LogP contribution in [-0.4, -0.2) is 35.5 Å². The molecule has 3 rings (SSSR count). The lowest BCUT2D eigenvalue weighted by Gasteiger charge is -2.15. The predicted octanol–water partition coefficient (Wildman–Crippen LogP) is 4.14. The number of phenols is 1. The van der Waals surface area contributed by atoms with Gasteiger partial charge in [0.15, 0.2) is 0 Å². The van der Waals surface area contributed by atoms with Gasteiger partial charge < -0.3 is 15.3 Å². The summed E-state index contributed by atoms with van der Waals surface area (Å²) in [6.07, 6.45) is 4.30. The van der Waals surface area contributed by atoms with E-state index in [0.717, 1.165) is 49.3 Å². The minimum atomic E-state index is 0.132. The molecule has 1 fully saturated rings. The molecule has 25 heavy (non-hydrogen) atoms. The molecule has 2 aromatic rings. The predicted molar refractivity (Wildman–Crippen MR) is 102 cm³/mol. The number of hydrogen-bond acceptors (Lipinski definition) is 3. The number of rotatable bonds is 5. The second-order valence-corrected chi connectivity index (χ2v) is 6.51. The fourth-order valence-corrected chi connectivity index (χ4v) is 2.98. The number of benzene rings is 2. The number of likely N-dealkylation sites (tertiary alicyclic amines) is 1. The van der Waals surface area contributed by atoms with Gasteiger partial charge in [0.2, 0.25) is 0 Å². The van der Waals surface area contributed by atoms with Crippen LogP contribution in [0.25, 0.3) is 6.08 Å². The molecule has 1 aliphatic rings.